The van der Waals surface area contributed by atoms with Crippen LogP contribution in [0.1, 0.15) is 30.0 Å². The van der Waals surface area contributed by atoms with Crippen molar-refractivity contribution in [2.75, 3.05) is 36.6 Å². The summed E-state index contributed by atoms with van der Waals surface area (Å²) < 4.78 is 17.2. The highest BCUT2D eigenvalue weighted by atomic mass is 16.5. The molecule has 35 heavy (non-hydrogen) atoms. The third-order valence-electron chi connectivity index (χ3n) is 6.21. The number of ketones is 1. The number of carbonyl (C=O) groups is 2. The topological polar surface area (TPSA) is 92.5 Å². The van der Waals surface area contributed by atoms with Gasteiger partial charge in [-0.2, -0.15) is 0 Å². The Kier molecular flexibility index (Phi) is 5.72. The predicted octanol–water partition coefficient (Wildman–Crippen LogP) is 4.44. The first kappa shape index (κ1) is 22.6. The number of aliphatic hydroxyl groups excluding tert-OH is 1. The Morgan fingerprint density at radius 3 is 2.71 bits per heavy atom. The van der Waals surface area contributed by atoms with Crippen molar-refractivity contribution in [3.63, 3.8) is 0 Å². The van der Waals surface area contributed by atoms with Gasteiger partial charge in [-0.05, 0) is 56.3 Å². The molecule has 2 aromatic carbocycles. The number of carbonyl (C=O) groups excluding carboxylic acids is 2. The van der Waals surface area contributed by atoms with Gasteiger partial charge in [0.05, 0.1) is 24.4 Å². The largest absolute Gasteiger partial charge is 0.507 e. The fraction of sp³-hybridized carbons (Fsp3) is 0.259. The highest BCUT2D eigenvalue weighted by Crippen LogP contribution is 2.44. The van der Waals surface area contributed by atoms with Crippen molar-refractivity contribution < 1.29 is 28.6 Å². The van der Waals surface area contributed by atoms with Crippen molar-refractivity contribution in [2.45, 2.75) is 19.9 Å². The van der Waals surface area contributed by atoms with E-state index in [2.05, 4.69) is 0 Å². The first-order chi connectivity index (χ1) is 16.9. The van der Waals surface area contributed by atoms with Crippen molar-refractivity contribution in [3.05, 3.63) is 77.3 Å². The molecule has 2 aliphatic heterocycles. The van der Waals surface area contributed by atoms with Crippen LogP contribution in [-0.4, -0.2) is 43.6 Å². The molecule has 0 spiro atoms. The molecule has 3 aromatic rings. The van der Waals surface area contributed by atoms with Crippen LogP contribution in [0.3, 0.4) is 0 Å². The summed E-state index contributed by atoms with van der Waals surface area (Å²) in [6, 6.07) is 14.7. The van der Waals surface area contributed by atoms with Crippen LogP contribution in [0.25, 0.3) is 5.76 Å². The zero-order valence-electron chi connectivity index (χ0n) is 19.8. The molecule has 0 saturated carbocycles. The number of amides is 1. The third kappa shape index (κ3) is 3.90. The second-order valence-electron chi connectivity index (χ2n) is 8.50. The Bertz CT molecular complexity index is 1340. The number of ether oxygens (including phenoxy) is 2. The number of aliphatic hydroxyl groups is 1. The average Bonchev–Trinajstić information content (AvgIpc) is 3.39. The molecule has 180 valence electrons. The zero-order valence-corrected chi connectivity index (χ0v) is 19.8. The van der Waals surface area contributed by atoms with E-state index in [1.165, 1.54) is 4.90 Å². The van der Waals surface area contributed by atoms with E-state index in [9.17, 15) is 14.7 Å². The van der Waals surface area contributed by atoms with Crippen LogP contribution in [0.5, 0.6) is 11.5 Å². The second kappa shape index (κ2) is 8.87. The number of benzene rings is 2. The number of likely N-dealkylation sites (N-methyl/N-ethyl adjacent to an activating group) is 1. The highest BCUT2D eigenvalue weighted by molar-refractivity contribution is 6.51. The van der Waals surface area contributed by atoms with Crippen LogP contribution >= 0.6 is 0 Å². The second-order valence-corrected chi connectivity index (χ2v) is 8.50. The smallest absolute Gasteiger partial charge is 0.300 e. The molecule has 2 aliphatic rings. The molecule has 0 radical (unpaired) electrons. The van der Waals surface area contributed by atoms with Crippen LogP contribution < -0.4 is 19.3 Å². The van der Waals surface area contributed by atoms with Gasteiger partial charge in [0, 0.05) is 24.4 Å². The molecule has 5 rings (SSSR count). The number of Topliss-reactive ketones (excluding diaryl/α,β-unsaturated/α-hetero) is 1. The van der Waals surface area contributed by atoms with E-state index in [0.717, 1.165) is 5.69 Å². The summed E-state index contributed by atoms with van der Waals surface area (Å²) in [4.78, 5) is 30.0. The van der Waals surface area contributed by atoms with Gasteiger partial charge in [-0.1, -0.05) is 6.07 Å². The SMILES string of the molecule is CCOc1cccc(N2C(=O)C(=O)/C(=C(\O)c3ccc4c(c3)N(C)CCO4)C2c2ccc(C)o2)c1. The summed E-state index contributed by atoms with van der Waals surface area (Å²) in [5.41, 5.74) is 1.64. The van der Waals surface area contributed by atoms with Gasteiger partial charge in [0.15, 0.2) is 0 Å². The molecular formula is C27H26N2O6. The van der Waals surface area contributed by atoms with Crippen molar-refractivity contribution >= 4 is 28.8 Å². The summed E-state index contributed by atoms with van der Waals surface area (Å²) in [6.07, 6.45) is 0. The summed E-state index contributed by atoms with van der Waals surface area (Å²) in [5.74, 6) is 0.460. The van der Waals surface area contributed by atoms with Gasteiger partial charge in [-0.25, -0.2) is 0 Å². The summed E-state index contributed by atoms with van der Waals surface area (Å²) in [7, 11) is 1.93. The van der Waals surface area contributed by atoms with Gasteiger partial charge in [0.2, 0.25) is 0 Å². The number of aryl methyl sites for hydroxylation is 1. The van der Waals surface area contributed by atoms with E-state index in [1.807, 2.05) is 18.9 Å². The molecule has 1 atom stereocenters. The number of fused-ring (bicyclic) bond motifs is 1. The van der Waals surface area contributed by atoms with Gasteiger partial charge in [0.1, 0.15) is 41.4 Å². The fourth-order valence-corrected chi connectivity index (χ4v) is 4.51. The lowest BCUT2D eigenvalue weighted by Gasteiger charge is -2.28. The number of hydrogen-bond donors (Lipinski definition) is 1. The van der Waals surface area contributed by atoms with Crippen molar-refractivity contribution in [1.82, 2.24) is 0 Å². The van der Waals surface area contributed by atoms with E-state index in [0.29, 0.717) is 54.0 Å². The predicted molar refractivity (Wildman–Crippen MR) is 131 cm³/mol. The lowest BCUT2D eigenvalue weighted by Crippen LogP contribution is -2.29. The van der Waals surface area contributed by atoms with Crippen LogP contribution in [0.2, 0.25) is 0 Å². The van der Waals surface area contributed by atoms with E-state index >= 15 is 0 Å². The molecule has 0 aliphatic carbocycles. The minimum Gasteiger partial charge on any atom is -0.507 e. The molecule has 8 heteroatoms. The van der Waals surface area contributed by atoms with E-state index in [-0.39, 0.29) is 11.3 Å². The maximum Gasteiger partial charge on any atom is 0.300 e. The maximum absolute atomic E-state index is 13.3. The third-order valence-corrected chi connectivity index (χ3v) is 6.21. The van der Waals surface area contributed by atoms with Gasteiger partial charge in [-0.3, -0.25) is 14.5 Å². The molecule has 1 amide bonds. The lowest BCUT2D eigenvalue weighted by atomic mass is 9.98. The van der Waals surface area contributed by atoms with Gasteiger partial charge in [-0.15, -0.1) is 0 Å². The number of furan rings is 1. The van der Waals surface area contributed by atoms with E-state index in [1.54, 1.807) is 61.5 Å². The van der Waals surface area contributed by atoms with Crippen molar-refractivity contribution in [2.24, 2.45) is 0 Å². The lowest BCUT2D eigenvalue weighted by molar-refractivity contribution is -0.132. The van der Waals surface area contributed by atoms with E-state index in [4.69, 9.17) is 13.9 Å². The summed E-state index contributed by atoms with van der Waals surface area (Å²) in [5, 5.41) is 11.4. The minimum absolute atomic E-state index is 0.0366. The number of nitrogens with zero attached hydrogens (tertiary/aromatic N) is 2. The van der Waals surface area contributed by atoms with Crippen LogP contribution in [0, 0.1) is 6.92 Å². The Balaban J connectivity index is 1.67. The average molecular weight is 475 g/mol. The van der Waals surface area contributed by atoms with Crippen molar-refractivity contribution in [3.8, 4) is 11.5 Å². The molecular weight excluding hydrogens is 448 g/mol. The molecule has 3 heterocycles. The Morgan fingerprint density at radius 2 is 1.97 bits per heavy atom. The molecule has 0 bridgehead atoms. The highest BCUT2D eigenvalue weighted by Gasteiger charge is 2.48. The number of anilines is 2. The Hall–Kier alpha value is -4.20. The number of rotatable bonds is 5. The zero-order chi connectivity index (χ0) is 24.7. The Labute approximate surface area is 203 Å². The molecule has 1 fully saturated rings. The van der Waals surface area contributed by atoms with Gasteiger partial charge in [0.25, 0.3) is 11.7 Å². The standard InChI is InChI=1S/C27H26N2O6/c1-4-33-19-7-5-6-18(15-19)29-24(22-10-8-16(2)35-22)23(26(31)27(29)32)25(30)17-9-11-21-20(14-17)28(3)12-13-34-21/h5-11,14-15,24,30H,4,12-13H2,1-3H3/b25-23-. The minimum atomic E-state index is -0.939. The molecule has 1 N–H and O–H groups in total. The Morgan fingerprint density at radius 1 is 1.14 bits per heavy atom. The maximum atomic E-state index is 13.3. The fourth-order valence-electron chi connectivity index (χ4n) is 4.51. The first-order valence-corrected chi connectivity index (χ1v) is 11.5. The normalized spacial score (nSPS) is 19.0. The van der Waals surface area contributed by atoms with E-state index < -0.39 is 17.7 Å². The molecule has 8 nitrogen and oxygen atoms in total. The molecule has 1 aromatic heterocycles. The molecule has 1 saturated heterocycles. The van der Waals surface area contributed by atoms with Crippen LogP contribution in [-0.2, 0) is 9.59 Å². The quantitative estimate of drug-likeness (QED) is 0.332. The molecule has 1 unspecified atom stereocenters. The van der Waals surface area contributed by atoms with Crippen molar-refractivity contribution in [1.29, 1.82) is 0 Å². The summed E-state index contributed by atoms with van der Waals surface area (Å²) in [6.45, 7) is 5.37. The number of hydrogen-bond acceptors (Lipinski definition) is 7. The van der Waals surface area contributed by atoms with Gasteiger partial charge < -0.3 is 23.9 Å². The first-order valence-electron chi connectivity index (χ1n) is 11.5. The van der Waals surface area contributed by atoms with Crippen LogP contribution in [0.4, 0.5) is 11.4 Å². The monoisotopic (exact) mass is 474 g/mol. The van der Waals surface area contributed by atoms with Crippen LogP contribution in [0.15, 0.2) is 64.6 Å². The van der Waals surface area contributed by atoms with Gasteiger partial charge >= 0.3 is 0 Å². The summed E-state index contributed by atoms with van der Waals surface area (Å²) >= 11 is 0.